The van der Waals surface area contributed by atoms with Gasteiger partial charge in [-0.25, -0.2) is 0 Å². The van der Waals surface area contributed by atoms with E-state index in [1.165, 1.54) is 12.1 Å². The van der Waals surface area contributed by atoms with E-state index in [4.69, 9.17) is 23.2 Å². The molecule has 0 bridgehead atoms. The quantitative estimate of drug-likeness (QED) is 0.350. The SMILES string of the molecule is Cc1cccc(CNC(=O)c2ccc(C(=O)Nc3ccc(Cl)c(-c4ccccn4)c3)c(Cl)c2)n1. The van der Waals surface area contributed by atoms with Crippen molar-refractivity contribution < 1.29 is 9.59 Å². The predicted molar refractivity (Wildman–Crippen MR) is 134 cm³/mol. The number of aromatic nitrogens is 2. The predicted octanol–water partition coefficient (Wildman–Crippen LogP) is 5.94. The summed E-state index contributed by atoms with van der Waals surface area (Å²) in [5, 5.41) is 6.31. The van der Waals surface area contributed by atoms with Crippen LogP contribution < -0.4 is 10.6 Å². The van der Waals surface area contributed by atoms with Crippen LogP contribution in [0.25, 0.3) is 11.3 Å². The number of carbonyl (C=O) groups excluding carboxylic acids is 2. The molecule has 2 aromatic carbocycles. The van der Waals surface area contributed by atoms with Crippen LogP contribution >= 0.6 is 23.2 Å². The minimum atomic E-state index is -0.407. The zero-order chi connectivity index (χ0) is 24.1. The summed E-state index contributed by atoms with van der Waals surface area (Å²) >= 11 is 12.7. The first-order valence-electron chi connectivity index (χ1n) is 10.4. The summed E-state index contributed by atoms with van der Waals surface area (Å²) in [6.07, 6.45) is 1.67. The molecule has 4 aromatic rings. The van der Waals surface area contributed by atoms with Crippen LogP contribution in [-0.2, 0) is 6.54 Å². The van der Waals surface area contributed by atoms with Gasteiger partial charge < -0.3 is 10.6 Å². The number of anilines is 1. The molecule has 2 N–H and O–H groups in total. The summed E-state index contributed by atoms with van der Waals surface area (Å²) in [7, 11) is 0. The number of benzene rings is 2. The smallest absolute Gasteiger partial charge is 0.257 e. The molecule has 0 spiro atoms. The van der Waals surface area contributed by atoms with E-state index in [1.807, 2.05) is 43.3 Å². The van der Waals surface area contributed by atoms with Crippen molar-refractivity contribution in [3.8, 4) is 11.3 Å². The summed E-state index contributed by atoms with van der Waals surface area (Å²) in [5.41, 5.74) is 4.14. The topological polar surface area (TPSA) is 84.0 Å². The van der Waals surface area contributed by atoms with Gasteiger partial charge in [0.2, 0.25) is 0 Å². The first-order chi connectivity index (χ1) is 16.4. The number of rotatable bonds is 6. The second-order valence-corrected chi connectivity index (χ2v) is 8.33. The van der Waals surface area contributed by atoms with Gasteiger partial charge in [-0.05, 0) is 67.6 Å². The standard InChI is InChI=1S/C26H20Cl2N4O2/c1-16-5-4-6-19(31-16)15-30-25(33)17-8-10-20(23(28)13-17)26(34)32-18-9-11-22(27)21(14-18)24-7-2-3-12-29-24/h2-14H,15H2,1H3,(H,30,33)(H,32,34). The molecule has 6 nitrogen and oxygen atoms in total. The van der Waals surface area contributed by atoms with Crippen LogP contribution in [0, 0.1) is 6.92 Å². The van der Waals surface area contributed by atoms with E-state index in [9.17, 15) is 9.59 Å². The average Bonchev–Trinajstić information content (AvgIpc) is 2.84. The van der Waals surface area contributed by atoms with Crippen LogP contribution in [0.15, 0.2) is 79.0 Å². The molecule has 170 valence electrons. The Hall–Kier alpha value is -3.74. The van der Waals surface area contributed by atoms with E-state index in [0.717, 1.165) is 11.4 Å². The Morgan fingerprint density at radius 1 is 0.882 bits per heavy atom. The minimum absolute atomic E-state index is 0.165. The second-order valence-electron chi connectivity index (χ2n) is 7.51. The molecule has 0 radical (unpaired) electrons. The second kappa shape index (κ2) is 10.5. The number of aryl methyl sites for hydroxylation is 1. The summed E-state index contributed by atoms with van der Waals surface area (Å²) in [6.45, 7) is 2.17. The highest BCUT2D eigenvalue weighted by atomic mass is 35.5. The third kappa shape index (κ3) is 5.60. The van der Waals surface area contributed by atoms with Gasteiger partial charge >= 0.3 is 0 Å². The molecule has 0 fully saturated rings. The normalized spacial score (nSPS) is 10.6. The third-order valence-electron chi connectivity index (χ3n) is 5.02. The van der Waals surface area contributed by atoms with Crippen LogP contribution in [0.4, 0.5) is 5.69 Å². The Kier molecular flexibility index (Phi) is 7.21. The van der Waals surface area contributed by atoms with Gasteiger partial charge in [0.15, 0.2) is 0 Å². The fourth-order valence-corrected chi connectivity index (χ4v) is 3.81. The van der Waals surface area contributed by atoms with Crippen molar-refractivity contribution in [1.82, 2.24) is 15.3 Å². The molecule has 2 amide bonds. The lowest BCUT2D eigenvalue weighted by molar-refractivity contribution is 0.0948. The van der Waals surface area contributed by atoms with Crippen molar-refractivity contribution >= 4 is 40.7 Å². The number of hydrogen-bond acceptors (Lipinski definition) is 4. The Bertz CT molecular complexity index is 1360. The molecule has 8 heteroatoms. The minimum Gasteiger partial charge on any atom is -0.346 e. The molecule has 0 aliphatic heterocycles. The van der Waals surface area contributed by atoms with E-state index in [2.05, 4.69) is 20.6 Å². The number of pyridine rings is 2. The highest BCUT2D eigenvalue weighted by Crippen LogP contribution is 2.29. The zero-order valence-corrected chi connectivity index (χ0v) is 19.7. The molecule has 0 atom stereocenters. The lowest BCUT2D eigenvalue weighted by Gasteiger charge is -2.11. The van der Waals surface area contributed by atoms with Gasteiger partial charge in [0.05, 0.1) is 33.5 Å². The fourth-order valence-electron chi connectivity index (χ4n) is 3.33. The molecule has 0 unspecified atom stereocenters. The first-order valence-corrected chi connectivity index (χ1v) is 11.2. The fraction of sp³-hybridized carbons (Fsp3) is 0.0769. The van der Waals surface area contributed by atoms with E-state index >= 15 is 0 Å². The number of nitrogens with zero attached hydrogens (tertiary/aromatic N) is 2. The number of carbonyl (C=O) groups is 2. The molecule has 0 saturated heterocycles. The summed E-state index contributed by atoms with van der Waals surface area (Å²) in [6, 6.07) is 20.8. The van der Waals surface area contributed by atoms with Crippen molar-refractivity contribution in [1.29, 1.82) is 0 Å². The Morgan fingerprint density at radius 2 is 1.74 bits per heavy atom. The highest BCUT2D eigenvalue weighted by molar-refractivity contribution is 6.35. The van der Waals surface area contributed by atoms with Gasteiger partial charge in [0.25, 0.3) is 11.8 Å². The molecular weight excluding hydrogens is 471 g/mol. The molecule has 0 aliphatic rings. The zero-order valence-electron chi connectivity index (χ0n) is 18.2. The number of halogens is 2. The summed E-state index contributed by atoms with van der Waals surface area (Å²) in [5.74, 6) is -0.718. The van der Waals surface area contributed by atoms with Gasteiger partial charge in [-0.15, -0.1) is 0 Å². The van der Waals surface area contributed by atoms with Crippen molar-refractivity contribution in [2.45, 2.75) is 13.5 Å². The van der Waals surface area contributed by atoms with Gasteiger partial charge in [-0.2, -0.15) is 0 Å². The maximum Gasteiger partial charge on any atom is 0.257 e. The van der Waals surface area contributed by atoms with E-state index in [1.54, 1.807) is 30.5 Å². The van der Waals surface area contributed by atoms with Crippen LogP contribution in [0.2, 0.25) is 10.0 Å². The van der Waals surface area contributed by atoms with Gasteiger partial charge in [-0.3, -0.25) is 19.6 Å². The monoisotopic (exact) mass is 490 g/mol. The molecule has 34 heavy (non-hydrogen) atoms. The highest BCUT2D eigenvalue weighted by Gasteiger charge is 2.15. The molecule has 0 saturated carbocycles. The van der Waals surface area contributed by atoms with E-state index in [-0.39, 0.29) is 23.0 Å². The molecular formula is C26H20Cl2N4O2. The van der Waals surface area contributed by atoms with Crippen LogP contribution in [0.1, 0.15) is 32.1 Å². The van der Waals surface area contributed by atoms with Gasteiger partial charge in [0.1, 0.15) is 0 Å². The average molecular weight is 491 g/mol. The van der Waals surface area contributed by atoms with Crippen molar-refractivity contribution in [2.24, 2.45) is 0 Å². The largest absolute Gasteiger partial charge is 0.346 e. The summed E-state index contributed by atoms with van der Waals surface area (Å²) < 4.78 is 0. The lowest BCUT2D eigenvalue weighted by Crippen LogP contribution is -2.23. The van der Waals surface area contributed by atoms with Crippen molar-refractivity contribution in [2.75, 3.05) is 5.32 Å². The maximum absolute atomic E-state index is 12.8. The molecule has 2 aromatic heterocycles. The third-order valence-corrected chi connectivity index (χ3v) is 5.66. The Balaban J connectivity index is 1.46. The number of hydrogen-bond donors (Lipinski definition) is 2. The molecule has 4 rings (SSSR count). The summed E-state index contributed by atoms with van der Waals surface area (Å²) in [4.78, 5) is 34.0. The lowest BCUT2D eigenvalue weighted by atomic mass is 10.1. The van der Waals surface area contributed by atoms with E-state index in [0.29, 0.717) is 27.5 Å². The number of amides is 2. The van der Waals surface area contributed by atoms with E-state index < -0.39 is 5.91 Å². The maximum atomic E-state index is 12.8. The van der Waals surface area contributed by atoms with Crippen molar-refractivity contribution in [3.05, 3.63) is 112 Å². The van der Waals surface area contributed by atoms with Crippen LogP contribution in [0.5, 0.6) is 0 Å². The first kappa shape index (κ1) is 23.4. The van der Waals surface area contributed by atoms with Crippen molar-refractivity contribution in [3.63, 3.8) is 0 Å². The Labute approximate surface area is 207 Å². The van der Waals surface area contributed by atoms with Crippen LogP contribution in [-0.4, -0.2) is 21.8 Å². The molecule has 2 heterocycles. The Morgan fingerprint density at radius 3 is 2.47 bits per heavy atom. The molecule has 0 aliphatic carbocycles. The van der Waals surface area contributed by atoms with Gasteiger partial charge in [0, 0.05) is 28.7 Å². The number of nitrogens with one attached hydrogen (secondary N) is 2. The van der Waals surface area contributed by atoms with Gasteiger partial charge in [-0.1, -0.05) is 35.3 Å². The van der Waals surface area contributed by atoms with Crippen LogP contribution in [0.3, 0.4) is 0 Å².